The topological polar surface area (TPSA) is 97.1 Å². The molecule has 0 bridgehead atoms. The number of aryl methyl sites for hydroxylation is 1. The zero-order valence-corrected chi connectivity index (χ0v) is 14.7. The Morgan fingerprint density at radius 3 is 2.69 bits per heavy atom. The largest absolute Gasteiger partial charge is 0.340 e. The lowest BCUT2D eigenvalue weighted by Gasteiger charge is -2.35. The van der Waals surface area contributed by atoms with E-state index >= 15 is 0 Å². The van der Waals surface area contributed by atoms with Crippen molar-refractivity contribution in [1.29, 1.82) is 0 Å². The highest BCUT2D eigenvalue weighted by Gasteiger charge is 2.39. The van der Waals surface area contributed by atoms with Crippen LogP contribution in [0, 0.1) is 6.92 Å². The van der Waals surface area contributed by atoms with E-state index in [0.717, 1.165) is 32.1 Å². The van der Waals surface area contributed by atoms with Crippen LogP contribution in [0.25, 0.3) is 0 Å². The first-order valence-corrected chi connectivity index (χ1v) is 8.69. The fourth-order valence-corrected chi connectivity index (χ4v) is 3.27. The van der Waals surface area contributed by atoms with Crippen molar-refractivity contribution in [2.24, 2.45) is 0 Å². The number of hydrogen-bond acceptors (Lipinski definition) is 5. The second-order valence-electron chi connectivity index (χ2n) is 6.51. The first kappa shape index (κ1) is 17.8. The third kappa shape index (κ3) is 3.82. The van der Waals surface area contributed by atoms with Crippen LogP contribution in [-0.4, -0.2) is 22.0 Å². The molecule has 0 spiro atoms. The maximum atomic E-state index is 12.9. The van der Waals surface area contributed by atoms with Crippen LogP contribution >= 0.6 is 0 Å². The number of aromatic nitrogens is 2. The summed E-state index contributed by atoms with van der Waals surface area (Å²) in [5, 5.41) is 9.83. The second-order valence-corrected chi connectivity index (χ2v) is 6.51. The van der Waals surface area contributed by atoms with Crippen molar-refractivity contribution < 1.29 is 14.1 Å². The smallest absolute Gasteiger partial charge is 0.252 e. The molecule has 1 aliphatic carbocycles. The van der Waals surface area contributed by atoms with Gasteiger partial charge in [-0.3, -0.25) is 9.59 Å². The summed E-state index contributed by atoms with van der Waals surface area (Å²) < 4.78 is 5.14. The fraction of sp³-hybridized carbons (Fsp3) is 0.368. The molecule has 2 N–H and O–H groups in total. The molecule has 26 heavy (non-hydrogen) atoms. The van der Waals surface area contributed by atoms with Crippen LogP contribution in [-0.2, 0) is 10.3 Å². The number of hydrogen-bond donors (Lipinski definition) is 2. The van der Waals surface area contributed by atoms with Crippen molar-refractivity contribution in [3.05, 3.63) is 54.2 Å². The summed E-state index contributed by atoms with van der Waals surface area (Å²) in [6, 6.07) is 6.78. The number of nitrogens with one attached hydrogen (secondary N) is 2. The molecule has 1 fully saturated rings. The Morgan fingerprint density at radius 2 is 2.04 bits per heavy atom. The number of benzene rings is 1. The van der Waals surface area contributed by atoms with E-state index in [1.807, 2.05) is 0 Å². The van der Waals surface area contributed by atoms with Crippen molar-refractivity contribution >= 4 is 17.5 Å². The minimum Gasteiger partial charge on any atom is -0.340 e. The van der Waals surface area contributed by atoms with Gasteiger partial charge in [0.1, 0.15) is 5.54 Å². The van der Waals surface area contributed by atoms with Crippen LogP contribution in [0.1, 0.15) is 54.2 Å². The molecule has 7 nitrogen and oxygen atoms in total. The molecular weight excluding hydrogens is 332 g/mol. The lowest BCUT2D eigenvalue weighted by Crippen LogP contribution is -2.48. The van der Waals surface area contributed by atoms with Gasteiger partial charge in [-0.05, 0) is 37.1 Å². The SMILES string of the molecule is C=CC(=O)Nc1cccc(C(=O)NC2(c3noc(C)n3)CCCCC2)c1. The van der Waals surface area contributed by atoms with Crippen LogP contribution in [0.4, 0.5) is 5.69 Å². The fourth-order valence-electron chi connectivity index (χ4n) is 3.27. The van der Waals surface area contributed by atoms with Gasteiger partial charge in [-0.25, -0.2) is 0 Å². The molecule has 0 radical (unpaired) electrons. The maximum absolute atomic E-state index is 12.9. The van der Waals surface area contributed by atoms with E-state index in [9.17, 15) is 9.59 Å². The number of carbonyl (C=O) groups excluding carboxylic acids is 2. The third-order valence-corrected chi connectivity index (χ3v) is 4.59. The van der Waals surface area contributed by atoms with Gasteiger partial charge in [-0.2, -0.15) is 4.98 Å². The van der Waals surface area contributed by atoms with E-state index in [1.54, 1.807) is 31.2 Å². The van der Waals surface area contributed by atoms with Crippen LogP contribution in [0.2, 0.25) is 0 Å². The van der Waals surface area contributed by atoms with Crippen LogP contribution in [0.15, 0.2) is 41.4 Å². The summed E-state index contributed by atoms with van der Waals surface area (Å²) >= 11 is 0. The average molecular weight is 354 g/mol. The summed E-state index contributed by atoms with van der Waals surface area (Å²) in [4.78, 5) is 28.7. The van der Waals surface area contributed by atoms with Crippen LogP contribution in [0.3, 0.4) is 0 Å². The molecule has 2 amide bonds. The third-order valence-electron chi connectivity index (χ3n) is 4.59. The molecule has 2 aromatic rings. The Labute approximate surface area is 151 Å². The highest BCUT2D eigenvalue weighted by atomic mass is 16.5. The van der Waals surface area contributed by atoms with Gasteiger partial charge in [0.15, 0.2) is 5.82 Å². The maximum Gasteiger partial charge on any atom is 0.252 e. The number of rotatable bonds is 5. The van der Waals surface area contributed by atoms with E-state index in [1.165, 1.54) is 6.08 Å². The Bertz CT molecular complexity index is 822. The van der Waals surface area contributed by atoms with Crippen molar-refractivity contribution in [1.82, 2.24) is 15.5 Å². The number of anilines is 1. The Balaban J connectivity index is 1.83. The lowest BCUT2D eigenvalue weighted by atomic mass is 9.80. The minimum absolute atomic E-state index is 0.232. The summed E-state index contributed by atoms with van der Waals surface area (Å²) in [6.07, 6.45) is 5.82. The first-order valence-electron chi connectivity index (χ1n) is 8.69. The molecule has 136 valence electrons. The molecule has 1 aliphatic rings. The zero-order valence-electron chi connectivity index (χ0n) is 14.7. The van der Waals surface area contributed by atoms with E-state index in [-0.39, 0.29) is 11.8 Å². The predicted octanol–water partition coefficient (Wildman–Crippen LogP) is 3.09. The number of amides is 2. The highest BCUT2D eigenvalue weighted by Crippen LogP contribution is 2.36. The van der Waals surface area contributed by atoms with Gasteiger partial charge in [-0.1, -0.05) is 37.1 Å². The van der Waals surface area contributed by atoms with Gasteiger partial charge in [0.2, 0.25) is 11.8 Å². The molecule has 0 aliphatic heterocycles. The zero-order chi connectivity index (χ0) is 18.6. The van der Waals surface area contributed by atoms with Gasteiger partial charge in [0, 0.05) is 18.2 Å². The van der Waals surface area contributed by atoms with E-state index < -0.39 is 5.54 Å². The van der Waals surface area contributed by atoms with Gasteiger partial charge in [0.05, 0.1) is 0 Å². The number of carbonyl (C=O) groups is 2. The van der Waals surface area contributed by atoms with Gasteiger partial charge < -0.3 is 15.2 Å². The van der Waals surface area contributed by atoms with Crippen molar-refractivity contribution in [2.45, 2.75) is 44.6 Å². The van der Waals surface area contributed by atoms with Crippen LogP contribution < -0.4 is 10.6 Å². The monoisotopic (exact) mass is 354 g/mol. The average Bonchev–Trinajstić information content (AvgIpc) is 3.10. The van der Waals surface area contributed by atoms with Gasteiger partial charge in [-0.15, -0.1) is 0 Å². The van der Waals surface area contributed by atoms with Gasteiger partial charge >= 0.3 is 0 Å². The van der Waals surface area contributed by atoms with E-state index in [4.69, 9.17) is 4.52 Å². The molecule has 0 atom stereocenters. The van der Waals surface area contributed by atoms with Crippen LogP contribution in [0.5, 0.6) is 0 Å². The van der Waals surface area contributed by atoms with Crippen molar-refractivity contribution in [3.8, 4) is 0 Å². The Kier molecular flexibility index (Phi) is 5.16. The summed E-state index contributed by atoms with van der Waals surface area (Å²) in [5.74, 6) is 0.449. The molecule has 1 saturated carbocycles. The molecule has 7 heteroatoms. The highest BCUT2D eigenvalue weighted by molar-refractivity contribution is 6.01. The summed E-state index contributed by atoms with van der Waals surface area (Å²) in [7, 11) is 0. The quantitative estimate of drug-likeness (QED) is 0.804. The lowest BCUT2D eigenvalue weighted by molar-refractivity contribution is -0.111. The Hall–Kier alpha value is -2.96. The molecule has 3 rings (SSSR count). The minimum atomic E-state index is -0.618. The molecule has 0 unspecified atom stereocenters. The molecule has 0 saturated heterocycles. The van der Waals surface area contributed by atoms with E-state index in [2.05, 4.69) is 27.4 Å². The van der Waals surface area contributed by atoms with Gasteiger partial charge in [0.25, 0.3) is 5.91 Å². The molecule has 1 heterocycles. The predicted molar refractivity (Wildman–Crippen MR) is 96.5 cm³/mol. The van der Waals surface area contributed by atoms with E-state index in [0.29, 0.717) is 23.0 Å². The normalized spacial score (nSPS) is 15.9. The molecular formula is C19H22N4O3. The van der Waals surface area contributed by atoms with Crippen molar-refractivity contribution in [2.75, 3.05) is 5.32 Å². The standard InChI is InChI=1S/C19H22N4O3/c1-3-16(24)21-15-9-7-8-14(12-15)17(25)22-19(10-5-4-6-11-19)18-20-13(2)26-23-18/h3,7-9,12H,1,4-6,10-11H2,2H3,(H,21,24)(H,22,25). The second kappa shape index (κ2) is 7.51. The molecule has 1 aromatic carbocycles. The number of nitrogens with zero attached hydrogens (tertiary/aromatic N) is 2. The summed E-state index contributed by atoms with van der Waals surface area (Å²) in [6.45, 7) is 5.16. The molecule has 1 aromatic heterocycles. The van der Waals surface area contributed by atoms with Crippen molar-refractivity contribution in [3.63, 3.8) is 0 Å². The first-order chi connectivity index (χ1) is 12.5. The summed E-state index contributed by atoms with van der Waals surface area (Å²) in [5.41, 5.74) is 0.376. The Morgan fingerprint density at radius 1 is 1.27 bits per heavy atom.